The van der Waals surface area contributed by atoms with Crippen LogP contribution in [0.4, 0.5) is 0 Å². The van der Waals surface area contributed by atoms with E-state index in [1.807, 2.05) is 25.1 Å². The van der Waals surface area contributed by atoms with Crippen molar-refractivity contribution in [2.45, 2.75) is 18.2 Å². The Balaban J connectivity index is 1.77. The molecule has 0 fully saturated rings. The van der Waals surface area contributed by atoms with Crippen LogP contribution in [0.15, 0.2) is 47.6 Å². The van der Waals surface area contributed by atoms with Gasteiger partial charge in [-0.2, -0.15) is 4.31 Å². The number of benzene rings is 1. The molecule has 1 aliphatic heterocycles. The van der Waals surface area contributed by atoms with Gasteiger partial charge in [-0.25, -0.2) is 18.4 Å². The third kappa shape index (κ3) is 3.32. The zero-order valence-electron chi connectivity index (χ0n) is 13.6. The number of nitrogens with zero attached hydrogens (tertiary/aromatic N) is 3. The van der Waals surface area contributed by atoms with Crippen LogP contribution in [0.5, 0.6) is 6.01 Å². The molecule has 0 spiro atoms. The SMILES string of the molecule is COc1ncc(C2=CCN(S(=O)(=O)c3ccc(C)cc3)CC2)cn1. The van der Waals surface area contributed by atoms with Crippen LogP contribution >= 0.6 is 0 Å². The molecular formula is C17H19N3O3S. The number of sulfonamides is 1. The summed E-state index contributed by atoms with van der Waals surface area (Å²) in [7, 11) is -1.94. The molecule has 7 heteroatoms. The summed E-state index contributed by atoms with van der Waals surface area (Å²) in [6.45, 7) is 2.72. The van der Waals surface area contributed by atoms with Crippen molar-refractivity contribution in [1.29, 1.82) is 0 Å². The van der Waals surface area contributed by atoms with E-state index < -0.39 is 10.0 Å². The van der Waals surface area contributed by atoms with Gasteiger partial charge in [0.1, 0.15) is 0 Å². The highest BCUT2D eigenvalue weighted by atomic mass is 32.2. The molecule has 0 bridgehead atoms. The number of aryl methyl sites for hydroxylation is 1. The highest BCUT2D eigenvalue weighted by molar-refractivity contribution is 7.89. The van der Waals surface area contributed by atoms with Crippen molar-refractivity contribution in [2.75, 3.05) is 20.2 Å². The summed E-state index contributed by atoms with van der Waals surface area (Å²) in [6.07, 6.45) is 5.94. The predicted octanol–water partition coefficient (Wildman–Crippen LogP) is 2.27. The predicted molar refractivity (Wildman–Crippen MR) is 91.1 cm³/mol. The van der Waals surface area contributed by atoms with Crippen LogP contribution in [0.25, 0.3) is 5.57 Å². The average molecular weight is 345 g/mol. The quantitative estimate of drug-likeness (QED) is 0.850. The molecule has 0 N–H and O–H groups in total. The minimum Gasteiger partial charge on any atom is -0.467 e. The summed E-state index contributed by atoms with van der Waals surface area (Å²) in [5, 5.41) is 0. The zero-order chi connectivity index (χ0) is 17.2. The first-order chi connectivity index (χ1) is 11.5. The van der Waals surface area contributed by atoms with Gasteiger partial charge in [0, 0.05) is 31.0 Å². The highest BCUT2D eigenvalue weighted by Gasteiger charge is 2.26. The maximum atomic E-state index is 12.7. The van der Waals surface area contributed by atoms with Gasteiger partial charge >= 0.3 is 6.01 Å². The lowest BCUT2D eigenvalue weighted by atomic mass is 10.0. The Morgan fingerprint density at radius 3 is 2.33 bits per heavy atom. The lowest BCUT2D eigenvalue weighted by molar-refractivity contribution is 0.379. The second-order valence-corrected chi connectivity index (χ2v) is 7.55. The lowest BCUT2D eigenvalue weighted by Crippen LogP contribution is -2.34. The fourth-order valence-corrected chi connectivity index (χ4v) is 3.96. The first kappa shape index (κ1) is 16.6. The minimum atomic E-state index is -3.46. The molecule has 0 amide bonds. The van der Waals surface area contributed by atoms with Crippen LogP contribution in [-0.2, 0) is 10.0 Å². The molecule has 24 heavy (non-hydrogen) atoms. The molecular weight excluding hydrogens is 326 g/mol. The van der Waals surface area contributed by atoms with Crippen LogP contribution in [0.2, 0.25) is 0 Å². The van der Waals surface area contributed by atoms with Crippen LogP contribution in [0.3, 0.4) is 0 Å². The Bertz CT molecular complexity index is 844. The smallest absolute Gasteiger partial charge is 0.316 e. The monoisotopic (exact) mass is 345 g/mol. The van der Waals surface area contributed by atoms with Crippen molar-refractivity contribution in [1.82, 2.24) is 14.3 Å². The van der Waals surface area contributed by atoms with Gasteiger partial charge in [0.2, 0.25) is 10.0 Å². The second kappa shape index (κ2) is 6.70. The van der Waals surface area contributed by atoms with Crippen LogP contribution in [-0.4, -0.2) is 42.9 Å². The molecule has 3 rings (SSSR count). The van der Waals surface area contributed by atoms with E-state index in [1.165, 1.54) is 11.4 Å². The molecule has 0 aliphatic carbocycles. The molecule has 1 aromatic carbocycles. The third-order valence-corrected chi connectivity index (χ3v) is 5.89. The van der Waals surface area contributed by atoms with E-state index in [1.54, 1.807) is 24.5 Å². The van der Waals surface area contributed by atoms with Gasteiger partial charge < -0.3 is 4.74 Å². The lowest BCUT2D eigenvalue weighted by Gasteiger charge is -2.25. The Morgan fingerprint density at radius 1 is 1.12 bits per heavy atom. The zero-order valence-corrected chi connectivity index (χ0v) is 14.5. The van der Waals surface area contributed by atoms with E-state index in [9.17, 15) is 8.42 Å². The molecule has 0 saturated heterocycles. The van der Waals surface area contributed by atoms with Crippen molar-refractivity contribution in [3.63, 3.8) is 0 Å². The molecule has 6 nitrogen and oxygen atoms in total. The van der Waals surface area contributed by atoms with Gasteiger partial charge in [-0.05, 0) is 31.1 Å². The normalized spacial score (nSPS) is 15.8. The Labute approximate surface area is 141 Å². The Morgan fingerprint density at radius 2 is 1.79 bits per heavy atom. The van der Waals surface area contributed by atoms with E-state index in [2.05, 4.69) is 9.97 Å². The number of aromatic nitrogens is 2. The maximum Gasteiger partial charge on any atom is 0.316 e. The summed E-state index contributed by atoms with van der Waals surface area (Å²) >= 11 is 0. The molecule has 0 radical (unpaired) electrons. The van der Waals surface area contributed by atoms with Gasteiger partial charge in [0.05, 0.1) is 12.0 Å². The Kier molecular flexibility index (Phi) is 4.64. The fraction of sp³-hybridized carbons (Fsp3) is 0.294. The number of methoxy groups -OCH3 is 1. The van der Waals surface area contributed by atoms with Crippen LogP contribution < -0.4 is 4.74 Å². The maximum absolute atomic E-state index is 12.7. The second-order valence-electron chi connectivity index (χ2n) is 5.61. The van der Waals surface area contributed by atoms with E-state index in [0.717, 1.165) is 16.7 Å². The molecule has 0 atom stereocenters. The van der Waals surface area contributed by atoms with Crippen molar-refractivity contribution < 1.29 is 13.2 Å². The first-order valence-electron chi connectivity index (χ1n) is 7.63. The van der Waals surface area contributed by atoms with E-state index in [0.29, 0.717) is 30.4 Å². The van der Waals surface area contributed by atoms with Crippen molar-refractivity contribution >= 4 is 15.6 Å². The van der Waals surface area contributed by atoms with E-state index >= 15 is 0 Å². The average Bonchev–Trinajstić information content (AvgIpc) is 2.62. The van der Waals surface area contributed by atoms with Crippen LogP contribution in [0.1, 0.15) is 17.5 Å². The summed E-state index contributed by atoms with van der Waals surface area (Å²) in [5.74, 6) is 0. The summed E-state index contributed by atoms with van der Waals surface area (Å²) < 4.78 is 31.8. The molecule has 1 aromatic heterocycles. The fourth-order valence-electron chi connectivity index (χ4n) is 2.58. The van der Waals surface area contributed by atoms with Gasteiger partial charge in [0.25, 0.3) is 0 Å². The summed E-state index contributed by atoms with van der Waals surface area (Å²) in [5.41, 5.74) is 2.98. The molecule has 126 valence electrons. The van der Waals surface area contributed by atoms with Crippen LogP contribution in [0, 0.1) is 6.92 Å². The molecule has 2 aromatic rings. The van der Waals surface area contributed by atoms with Gasteiger partial charge in [-0.3, -0.25) is 0 Å². The van der Waals surface area contributed by atoms with Gasteiger partial charge in [-0.15, -0.1) is 0 Å². The molecule has 0 saturated carbocycles. The number of hydrogen-bond acceptors (Lipinski definition) is 5. The number of ether oxygens (including phenoxy) is 1. The number of hydrogen-bond donors (Lipinski definition) is 0. The number of rotatable bonds is 4. The summed E-state index contributed by atoms with van der Waals surface area (Å²) in [4.78, 5) is 8.51. The largest absolute Gasteiger partial charge is 0.467 e. The van der Waals surface area contributed by atoms with Crippen molar-refractivity contribution in [3.8, 4) is 6.01 Å². The van der Waals surface area contributed by atoms with Gasteiger partial charge in [0.15, 0.2) is 0 Å². The highest BCUT2D eigenvalue weighted by Crippen LogP contribution is 2.25. The topological polar surface area (TPSA) is 72.4 Å². The third-order valence-electron chi connectivity index (χ3n) is 4.01. The van der Waals surface area contributed by atoms with E-state index in [-0.39, 0.29) is 0 Å². The molecule has 0 unspecified atom stereocenters. The van der Waals surface area contributed by atoms with Gasteiger partial charge in [-0.1, -0.05) is 23.8 Å². The molecule has 1 aliphatic rings. The first-order valence-corrected chi connectivity index (χ1v) is 9.07. The Hall–Kier alpha value is -2.25. The van der Waals surface area contributed by atoms with E-state index in [4.69, 9.17) is 4.74 Å². The minimum absolute atomic E-state index is 0.318. The standard InChI is InChI=1S/C17H19N3O3S/c1-13-3-5-16(6-4-13)24(21,22)20-9-7-14(8-10-20)15-11-18-17(23-2)19-12-15/h3-7,11-12H,8-10H2,1-2H3. The molecule has 2 heterocycles. The summed E-state index contributed by atoms with van der Waals surface area (Å²) in [6, 6.07) is 7.25. The van der Waals surface area contributed by atoms with Crippen molar-refractivity contribution in [2.24, 2.45) is 0 Å². The van der Waals surface area contributed by atoms with Crippen molar-refractivity contribution in [3.05, 3.63) is 53.9 Å².